The van der Waals surface area contributed by atoms with Gasteiger partial charge in [-0.1, -0.05) is 5.57 Å². The van der Waals surface area contributed by atoms with Gasteiger partial charge in [-0.15, -0.1) is 0 Å². The van der Waals surface area contributed by atoms with Crippen molar-refractivity contribution < 1.29 is 17.6 Å². The molecule has 1 aliphatic rings. The van der Waals surface area contributed by atoms with Crippen molar-refractivity contribution in [1.82, 2.24) is 4.98 Å². The summed E-state index contributed by atoms with van der Waals surface area (Å²) in [6.45, 7) is 1.62. The molecule has 0 radical (unpaired) electrons. The molecule has 0 amide bonds. The Labute approximate surface area is 137 Å². The Balaban J connectivity index is 2.12. The maximum Gasteiger partial charge on any atom is 0.252 e. The molecule has 0 unspecified atom stereocenters. The van der Waals surface area contributed by atoms with Crippen LogP contribution in [0.3, 0.4) is 0 Å². The minimum Gasteiger partial charge on any atom is -0.396 e. The lowest BCUT2D eigenvalue weighted by Crippen LogP contribution is -2.21. The number of nitrogen functional groups attached to an aromatic ring is 1. The Morgan fingerprint density at radius 3 is 2.58 bits per heavy atom. The first-order valence-electron chi connectivity index (χ1n) is 7.55. The summed E-state index contributed by atoms with van der Waals surface area (Å²) in [5.41, 5.74) is 8.15. The van der Waals surface area contributed by atoms with Crippen molar-refractivity contribution in [1.29, 1.82) is 0 Å². The Bertz CT molecular complexity index is 828. The molecule has 2 N–H and O–H groups in total. The zero-order valence-electron chi connectivity index (χ0n) is 13.0. The zero-order chi connectivity index (χ0) is 17.5. The summed E-state index contributed by atoms with van der Waals surface area (Å²) in [7, 11) is 0. The number of rotatable bonds is 2. The lowest BCUT2D eigenvalue weighted by molar-refractivity contribution is -0.00912. The molecular formula is C18H16F4N2. The van der Waals surface area contributed by atoms with Crippen molar-refractivity contribution in [3.63, 3.8) is 0 Å². The fourth-order valence-corrected chi connectivity index (χ4v) is 3.08. The van der Waals surface area contributed by atoms with Crippen molar-refractivity contribution in [3.05, 3.63) is 53.4 Å². The van der Waals surface area contributed by atoms with E-state index in [2.05, 4.69) is 4.98 Å². The number of aromatic nitrogens is 1. The van der Waals surface area contributed by atoms with Gasteiger partial charge in [-0.3, -0.25) is 4.98 Å². The number of pyridine rings is 1. The molecule has 0 saturated carbocycles. The molecule has 1 aliphatic carbocycles. The molecule has 0 saturated heterocycles. The average molecular weight is 336 g/mol. The summed E-state index contributed by atoms with van der Waals surface area (Å²) < 4.78 is 54.5. The van der Waals surface area contributed by atoms with Gasteiger partial charge in [0.2, 0.25) is 0 Å². The highest BCUT2D eigenvalue weighted by atomic mass is 19.3. The van der Waals surface area contributed by atoms with E-state index in [1.54, 1.807) is 6.92 Å². The molecular weight excluding hydrogens is 320 g/mol. The van der Waals surface area contributed by atoms with Gasteiger partial charge in [0.25, 0.3) is 5.92 Å². The number of halogens is 4. The summed E-state index contributed by atoms with van der Waals surface area (Å²) in [6.07, 6.45) is 0.949. The van der Waals surface area contributed by atoms with Gasteiger partial charge in [-0.05, 0) is 43.2 Å². The fourth-order valence-electron chi connectivity index (χ4n) is 3.08. The van der Waals surface area contributed by atoms with Crippen molar-refractivity contribution in [2.45, 2.75) is 32.1 Å². The molecule has 6 heteroatoms. The molecule has 24 heavy (non-hydrogen) atoms. The van der Waals surface area contributed by atoms with Crippen LogP contribution in [0, 0.1) is 11.6 Å². The SMILES string of the molecule is CC1=C(c2nccc(-c3cc(F)ccc3F)c2N)CCC(F)(F)C1. The van der Waals surface area contributed by atoms with E-state index in [-0.39, 0.29) is 30.5 Å². The quantitative estimate of drug-likeness (QED) is 0.765. The lowest BCUT2D eigenvalue weighted by atomic mass is 9.86. The molecule has 0 bridgehead atoms. The van der Waals surface area contributed by atoms with Crippen molar-refractivity contribution in [2.75, 3.05) is 5.73 Å². The highest BCUT2D eigenvalue weighted by Gasteiger charge is 2.35. The first kappa shape index (κ1) is 16.5. The van der Waals surface area contributed by atoms with E-state index < -0.39 is 17.6 Å². The Kier molecular flexibility index (Phi) is 4.07. The van der Waals surface area contributed by atoms with Crippen LogP contribution in [0.2, 0.25) is 0 Å². The predicted molar refractivity (Wildman–Crippen MR) is 85.4 cm³/mol. The third kappa shape index (κ3) is 3.00. The molecule has 0 spiro atoms. The van der Waals surface area contributed by atoms with Crippen LogP contribution in [0.1, 0.15) is 31.9 Å². The Morgan fingerprint density at radius 1 is 1.12 bits per heavy atom. The Morgan fingerprint density at radius 2 is 1.88 bits per heavy atom. The fraction of sp³-hybridized carbons (Fsp3) is 0.278. The van der Waals surface area contributed by atoms with E-state index in [0.717, 1.165) is 18.2 Å². The average Bonchev–Trinajstić information content (AvgIpc) is 2.50. The molecule has 126 valence electrons. The number of anilines is 1. The van der Waals surface area contributed by atoms with Gasteiger partial charge in [-0.2, -0.15) is 0 Å². The molecule has 2 nitrogen and oxygen atoms in total. The van der Waals surface area contributed by atoms with Gasteiger partial charge in [0.05, 0.1) is 11.4 Å². The normalized spacial score (nSPS) is 17.2. The van der Waals surface area contributed by atoms with Crippen LogP contribution < -0.4 is 5.73 Å². The van der Waals surface area contributed by atoms with Gasteiger partial charge in [-0.25, -0.2) is 17.6 Å². The second-order valence-electron chi connectivity index (χ2n) is 6.04. The summed E-state index contributed by atoms with van der Waals surface area (Å²) in [6, 6.07) is 4.59. The molecule has 0 fully saturated rings. The van der Waals surface area contributed by atoms with Gasteiger partial charge in [0.15, 0.2) is 0 Å². The molecule has 0 aliphatic heterocycles. The standard InChI is InChI=1S/C18H16F4N2/c1-10-9-18(21,22)6-4-12(10)17-16(23)13(5-7-24-17)14-8-11(19)2-3-15(14)20/h2-3,5,7-8H,4,6,9,23H2,1H3. The number of hydrogen-bond donors (Lipinski definition) is 1. The van der Waals surface area contributed by atoms with E-state index in [4.69, 9.17) is 5.73 Å². The third-order valence-electron chi connectivity index (χ3n) is 4.27. The van der Waals surface area contributed by atoms with Crippen LogP contribution in [0.4, 0.5) is 23.2 Å². The number of hydrogen-bond acceptors (Lipinski definition) is 2. The van der Waals surface area contributed by atoms with Crippen molar-refractivity contribution in [2.24, 2.45) is 0 Å². The maximum atomic E-state index is 14.0. The van der Waals surface area contributed by atoms with Crippen LogP contribution in [-0.4, -0.2) is 10.9 Å². The van der Waals surface area contributed by atoms with Gasteiger partial charge in [0, 0.05) is 30.2 Å². The molecule has 3 rings (SSSR count). The molecule has 1 aromatic heterocycles. The number of nitrogens with two attached hydrogens (primary N) is 1. The maximum absolute atomic E-state index is 14.0. The number of nitrogens with zero attached hydrogens (tertiary/aromatic N) is 1. The minimum absolute atomic E-state index is 0.0237. The van der Waals surface area contributed by atoms with Crippen LogP contribution in [0.15, 0.2) is 36.0 Å². The number of benzene rings is 1. The summed E-state index contributed by atoms with van der Waals surface area (Å²) in [5.74, 6) is -3.92. The minimum atomic E-state index is -2.73. The van der Waals surface area contributed by atoms with E-state index in [1.165, 1.54) is 12.3 Å². The predicted octanol–water partition coefficient (Wildman–Crippen LogP) is 5.20. The van der Waals surface area contributed by atoms with E-state index in [1.807, 2.05) is 0 Å². The van der Waals surface area contributed by atoms with Gasteiger partial charge < -0.3 is 5.73 Å². The van der Waals surface area contributed by atoms with Crippen molar-refractivity contribution >= 4 is 11.3 Å². The van der Waals surface area contributed by atoms with Crippen LogP contribution in [0.5, 0.6) is 0 Å². The highest BCUT2D eigenvalue weighted by Crippen LogP contribution is 2.42. The van der Waals surface area contributed by atoms with Crippen LogP contribution >= 0.6 is 0 Å². The van der Waals surface area contributed by atoms with E-state index in [0.29, 0.717) is 22.4 Å². The summed E-state index contributed by atoms with van der Waals surface area (Å²) in [5, 5.41) is 0. The first-order valence-corrected chi connectivity index (χ1v) is 7.55. The zero-order valence-corrected chi connectivity index (χ0v) is 13.0. The lowest BCUT2D eigenvalue weighted by Gasteiger charge is -2.26. The van der Waals surface area contributed by atoms with E-state index >= 15 is 0 Å². The summed E-state index contributed by atoms with van der Waals surface area (Å²) >= 11 is 0. The number of allylic oxidation sites excluding steroid dienone is 2. The van der Waals surface area contributed by atoms with Crippen LogP contribution in [-0.2, 0) is 0 Å². The molecule has 2 aromatic rings. The van der Waals surface area contributed by atoms with Crippen molar-refractivity contribution in [3.8, 4) is 11.1 Å². The third-order valence-corrected chi connectivity index (χ3v) is 4.27. The second kappa shape index (κ2) is 5.92. The molecule has 0 atom stereocenters. The van der Waals surface area contributed by atoms with E-state index in [9.17, 15) is 17.6 Å². The van der Waals surface area contributed by atoms with Gasteiger partial charge >= 0.3 is 0 Å². The first-order chi connectivity index (χ1) is 11.3. The molecule has 1 heterocycles. The molecule has 1 aromatic carbocycles. The monoisotopic (exact) mass is 336 g/mol. The van der Waals surface area contributed by atoms with Crippen LogP contribution in [0.25, 0.3) is 16.7 Å². The largest absolute Gasteiger partial charge is 0.396 e. The topological polar surface area (TPSA) is 38.9 Å². The van der Waals surface area contributed by atoms with Gasteiger partial charge in [0.1, 0.15) is 11.6 Å². The smallest absolute Gasteiger partial charge is 0.252 e. The number of alkyl halides is 2. The second-order valence-corrected chi connectivity index (χ2v) is 6.04. The highest BCUT2D eigenvalue weighted by molar-refractivity contribution is 5.86. The summed E-state index contributed by atoms with van der Waals surface area (Å²) in [4.78, 5) is 4.19. The Hall–Kier alpha value is -2.37.